The molecule has 27 heavy (non-hydrogen) atoms. The van der Waals surface area contributed by atoms with E-state index in [0.717, 1.165) is 37.7 Å². The Bertz CT molecular complexity index is 698. The summed E-state index contributed by atoms with van der Waals surface area (Å²) in [6, 6.07) is 3.66. The smallest absolute Gasteiger partial charge is 0.319 e. The Morgan fingerprint density at radius 2 is 2.22 bits per heavy atom. The van der Waals surface area contributed by atoms with Gasteiger partial charge in [-0.15, -0.1) is 0 Å². The highest BCUT2D eigenvalue weighted by Gasteiger charge is 2.28. The summed E-state index contributed by atoms with van der Waals surface area (Å²) in [6.07, 6.45) is 4.43. The average Bonchev–Trinajstić information content (AvgIpc) is 3.33. The van der Waals surface area contributed by atoms with E-state index >= 15 is 0 Å². The third kappa shape index (κ3) is 6.30. The minimum absolute atomic E-state index is 0.142. The van der Waals surface area contributed by atoms with Crippen LogP contribution in [0.4, 0.5) is 0 Å². The second-order valence-electron chi connectivity index (χ2n) is 6.25. The Morgan fingerprint density at radius 3 is 2.93 bits per heavy atom. The van der Waals surface area contributed by atoms with Crippen LogP contribution in [-0.4, -0.2) is 48.3 Å². The highest BCUT2D eigenvalue weighted by molar-refractivity contribution is 6.06. The van der Waals surface area contributed by atoms with Crippen molar-refractivity contribution in [1.82, 2.24) is 4.98 Å². The van der Waals surface area contributed by atoms with Crippen LogP contribution in [0.1, 0.15) is 56.5 Å². The van der Waals surface area contributed by atoms with Gasteiger partial charge in [-0.05, 0) is 31.4 Å². The van der Waals surface area contributed by atoms with Crippen LogP contribution < -0.4 is 11.5 Å². The molecular weight excluding hydrogens is 350 g/mol. The molecule has 2 unspecified atom stereocenters. The van der Waals surface area contributed by atoms with Crippen molar-refractivity contribution in [3.8, 4) is 0 Å². The van der Waals surface area contributed by atoms with Gasteiger partial charge in [0.25, 0.3) is 0 Å². The summed E-state index contributed by atoms with van der Waals surface area (Å²) in [5.41, 5.74) is 12.0. The number of rotatable bonds is 8. The zero-order valence-corrected chi connectivity index (χ0v) is 15.5. The topological polar surface area (TPSA) is 145 Å². The van der Waals surface area contributed by atoms with Gasteiger partial charge in [0.2, 0.25) is 5.91 Å². The lowest BCUT2D eigenvalue weighted by molar-refractivity contribution is -0.145. The number of unbranched alkanes of at least 4 members (excludes halogenated alkanes) is 1. The highest BCUT2D eigenvalue weighted by atomic mass is 16.6. The molecule has 1 fully saturated rings. The maximum absolute atomic E-state index is 11.9. The summed E-state index contributed by atoms with van der Waals surface area (Å²) in [6.45, 7) is 2.06. The maximum atomic E-state index is 11.9. The number of nitrogens with zero attached hydrogens (tertiary/aromatic N) is 2. The molecule has 0 radical (unpaired) electrons. The molecule has 1 aliphatic rings. The molecule has 2 heterocycles. The normalized spacial score (nSPS) is 20.3. The van der Waals surface area contributed by atoms with E-state index in [1.807, 2.05) is 13.0 Å². The van der Waals surface area contributed by atoms with Crippen LogP contribution in [0.5, 0.6) is 0 Å². The van der Waals surface area contributed by atoms with Crippen LogP contribution >= 0.6 is 0 Å². The number of amidine groups is 1. The molecule has 2 rings (SSSR count). The minimum atomic E-state index is -0.447. The number of nitrogens with two attached hydrogens (primary N) is 2. The number of aromatic amines is 1. The van der Waals surface area contributed by atoms with Crippen molar-refractivity contribution in [2.75, 3.05) is 13.2 Å². The standard InChI is InChI=1S/C18H27N5O4/c1-2-3-4-16(24)23-18(21-11-20)14-7-6-13(22-14)15-8-5-12(27-15)10-26-17(25)9-19/h6-7,11-12,15,22H,2-5,8-10,19H2,1H3,(H2,20,21,23,24). The number of hydrogen-bond donors (Lipinski definition) is 3. The summed E-state index contributed by atoms with van der Waals surface area (Å²) in [7, 11) is 0. The Balaban J connectivity index is 2.01. The number of carbonyl (C=O) groups is 2. The van der Waals surface area contributed by atoms with E-state index in [1.54, 1.807) is 6.07 Å². The fourth-order valence-electron chi connectivity index (χ4n) is 2.76. The number of H-pyrrole nitrogens is 1. The van der Waals surface area contributed by atoms with Gasteiger partial charge in [-0.25, -0.2) is 4.99 Å². The van der Waals surface area contributed by atoms with Gasteiger partial charge in [-0.1, -0.05) is 13.3 Å². The first-order valence-electron chi connectivity index (χ1n) is 9.13. The summed E-state index contributed by atoms with van der Waals surface area (Å²) >= 11 is 0. The predicted octanol–water partition coefficient (Wildman–Crippen LogP) is 1.19. The van der Waals surface area contributed by atoms with Crippen LogP contribution in [0.2, 0.25) is 0 Å². The van der Waals surface area contributed by atoms with E-state index in [-0.39, 0.29) is 37.1 Å². The van der Waals surface area contributed by atoms with Crippen LogP contribution in [0.25, 0.3) is 0 Å². The first kappa shape index (κ1) is 20.8. The number of esters is 1. The third-order valence-corrected chi connectivity index (χ3v) is 4.17. The molecule has 5 N–H and O–H groups in total. The molecule has 0 aromatic carbocycles. The quantitative estimate of drug-likeness (QED) is 0.352. The molecule has 9 nitrogen and oxygen atoms in total. The lowest BCUT2D eigenvalue weighted by atomic mass is 10.1. The van der Waals surface area contributed by atoms with Gasteiger partial charge in [-0.2, -0.15) is 4.99 Å². The van der Waals surface area contributed by atoms with Crippen molar-refractivity contribution in [3.63, 3.8) is 0 Å². The maximum Gasteiger partial charge on any atom is 0.319 e. The number of aromatic nitrogens is 1. The molecule has 1 amide bonds. The Labute approximate surface area is 158 Å². The van der Waals surface area contributed by atoms with E-state index < -0.39 is 5.97 Å². The summed E-state index contributed by atoms with van der Waals surface area (Å²) < 4.78 is 10.9. The van der Waals surface area contributed by atoms with Crippen molar-refractivity contribution in [1.29, 1.82) is 0 Å². The molecule has 0 bridgehead atoms. The summed E-state index contributed by atoms with van der Waals surface area (Å²) in [4.78, 5) is 34.3. The lowest BCUT2D eigenvalue weighted by Crippen LogP contribution is -2.23. The second kappa shape index (κ2) is 10.6. The Morgan fingerprint density at radius 1 is 1.41 bits per heavy atom. The van der Waals surface area contributed by atoms with Gasteiger partial charge in [0.05, 0.1) is 30.8 Å². The average molecular weight is 377 g/mol. The van der Waals surface area contributed by atoms with Gasteiger partial charge in [0.15, 0.2) is 5.84 Å². The fourth-order valence-corrected chi connectivity index (χ4v) is 2.76. The fraction of sp³-hybridized carbons (Fsp3) is 0.556. The van der Waals surface area contributed by atoms with E-state index in [2.05, 4.69) is 15.0 Å². The molecular formula is C18H27N5O4. The van der Waals surface area contributed by atoms with E-state index in [0.29, 0.717) is 12.1 Å². The zero-order chi connectivity index (χ0) is 19.6. The minimum Gasteiger partial charge on any atom is -0.462 e. The predicted molar refractivity (Wildman–Crippen MR) is 101 cm³/mol. The molecule has 1 aromatic rings. The molecule has 1 aromatic heterocycles. The molecule has 0 saturated carbocycles. The lowest BCUT2D eigenvalue weighted by Gasteiger charge is -2.13. The number of aliphatic imine (C=N–C) groups is 2. The van der Waals surface area contributed by atoms with E-state index in [4.69, 9.17) is 20.9 Å². The molecule has 9 heteroatoms. The van der Waals surface area contributed by atoms with E-state index in [1.165, 1.54) is 0 Å². The molecule has 0 spiro atoms. The van der Waals surface area contributed by atoms with Crippen molar-refractivity contribution >= 4 is 24.1 Å². The van der Waals surface area contributed by atoms with Gasteiger partial charge in [-0.3, -0.25) is 9.59 Å². The first-order chi connectivity index (χ1) is 13.1. The zero-order valence-electron chi connectivity index (χ0n) is 15.5. The number of nitrogens with one attached hydrogen (secondary N) is 1. The summed E-state index contributed by atoms with van der Waals surface area (Å²) in [5, 5.41) is 0. The van der Waals surface area contributed by atoms with Crippen LogP contribution in [0, 0.1) is 0 Å². The molecule has 1 aliphatic heterocycles. The van der Waals surface area contributed by atoms with Gasteiger partial charge >= 0.3 is 5.97 Å². The second-order valence-corrected chi connectivity index (χ2v) is 6.25. The number of ether oxygens (including phenoxy) is 2. The highest BCUT2D eigenvalue weighted by Crippen LogP contribution is 2.32. The Hall–Kier alpha value is -2.52. The third-order valence-electron chi connectivity index (χ3n) is 4.17. The number of carbonyl (C=O) groups excluding carboxylic acids is 2. The van der Waals surface area contributed by atoms with Crippen LogP contribution in [-0.2, 0) is 19.1 Å². The monoisotopic (exact) mass is 377 g/mol. The van der Waals surface area contributed by atoms with Crippen LogP contribution in [0.3, 0.4) is 0 Å². The number of amides is 1. The van der Waals surface area contributed by atoms with Gasteiger partial charge < -0.3 is 25.9 Å². The van der Waals surface area contributed by atoms with Crippen LogP contribution in [0.15, 0.2) is 22.1 Å². The largest absolute Gasteiger partial charge is 0.462 e. The molecule has 148 valence electrons. The molecule has 2 atom stereocenters. The Kier molecular flexibility index (Phi) is 8.15. The van der Waals surface area contributed by atoms with Crippen molar-refractivity contribution in [2.45, 2.75) is 51.2 Å². The molecule has 0 aliphatic carbocycles. The van der Waals surface area contributed by atoms with Gasteiger partial charge in [0.1, 0.15) is 6.61 Å². The summed E-state index contributed by atoms with van der Waals surface area (Å²) in [5.74, 6) is -0.429. The van der Waals surface area contributed by atoms with Crippen molar-refractivity contribution in [2.24, 2.45) is 21.5 Å². The van der Waals surface area contributed by atoms with Gasteiger partial charge in [0, 0.05) is 12.1 Å². The van der Waals surface area contributed by atoms with E-state index in [9.17, 15) is 9.59 Å². The molecule has 1 saturated heterocycles. The SMILES string of the molecule is CCCCC(=O)N=C(N=CN)c1ccc(C2CCC(COC(=O)CN)O2)[nH]1. The van der Waals surface area contributed by atoms with Crippen molar-refractivity contribution < 1.29 is 19.1 Å². The first-order valence-corrected chi connectivity index (χ1v) is 9.13. The number of hydrogen-bond acceptors (Lipinski definition) is 5. The van der Waals surface area contributed by atoms with Crippen molar-refractivity contribution in [3.05, 3.63) is 23.5 Å².